The molecule has 0 saturated carbocycles. The van der Waals surface area contributed by atoms with Gasteiger partial charge in [0.2, 0.25) is 0 Å². The minimum atomic E-state index is -5.08. The van der Waals surface area contributed by atoms with Gasteiger partial charge in [-0.15, -0.1) is 0 Å². The number of likely N-dealkylation sites (tertiary alicyclic amines) is 1. The zero-order valence-electron chi connectivity index (χ0n) is 19.4. The maximum atomic E-state index is 13.2. The molecule has 3 aromatic heterocycles. The van der Waals surface area contributed by atoms with Gasteiger partial charge in [-0.1, -0.05) is 6.07 Å². The van der Waals surface area contributed by atoms with E-state index in [4.69, 9.17) is 14.3 Å². The molecular formula is C24H23F3N4O5. The van der Waals surface area contributed by atoms with E-state index in [0.29, 0.717) is 36.7 Å². The Bertz CT molecular complexity index is 1280. The molecule has 0 radical (unpaired) electrons. The maximum absolute atomic E-state index is 13.2. The lowest BCUT2D eigenvalue weighted by Crippen LogP contribution is -2.50. The molecule has 1 saturated heterocycles. The molecule has 0 spiro atoms. The number of furan rings is 1. The number of carbonyl (C=O) groups excluding carboxylic acids is 2. The summed E-state index contributed by atoms with van der Waals surface area (Å²) in [5.74, 6) is -1.47. The van der Waals surface area contributed by atoms with Crippen molar-refractivity contribution in [3.63, 3.8) is 0 Å². The number of amides is 2. The molecule has 2 unspecified atom stereocenters. The number of carboxylic acids is 1. The third-order valence-electron chi connectivity index (χ3n) is 6.14. The predicted molar refractivity (Wildman–Crippen MR) is 119 cm³/mol. The summed E-state index contributed by atoms with van der Waals surface area (Å²) in [5.41, 5.74) is 2.09. The summed E-state index contributed by atoms with van der Waals surface area (Å²) in [4.78, 5) is 43.3. The molecule has 2 atom stereocenters. The number of aryl methyl sites for hydroxylation is 2. The monoisotopic (exact) mass is 504 g/mol. The van der Waals surface area contributed by atoms with Crippen molar-refractivity contribution >= 4 is 17.8 Å². The number of aromatic nitrogens is 2. The molecule has 12 heteroatoms. The number of hydrogen-bond donors (Lipinski definition) is 1. The summed E-state index contributed by atoms with van der Waals surface area (Å²) in [5, 5.41) is 7.12. The topological polar surface area (TPSA) is 109 Å². The fourth-order valence-electron chi connectivity index (χ4n) is 4.55. The van der Waals surface area contributed by atoms with E-state index in [1.54, 1.807) is 12.3 Å². The molecule has 36 heavy (non-hydrogen) atoms. The van der Waals surface area contributed by atoms with Crippen molar-refractivity contribution in [2.24, 2.45) is 0 Å². The van der Waals surface area contributed by atoms with E-state index >= 15 is 0 Å². The van der Waals surface area contributed by atoms with Crippen LogP contribution in [0.1, 0.15) is 44.1 Å². The van der Waals surface area contributed by atoms with Crippen LogP contribution in [0.2, 0.25) is 0 Å². The summed E-state index contributed by atoms with van der Waals surface area (Å²) in [6, 6.07) is 11.2. The highest BCUT2D eigenvalue weighted by Gasteiger charge is 2.46. The number of hydrogen-bond acceptors (Lipinski definition) is 5. The number of carbonyl (C=O) groups is 3. The molecule has 5 rings (SSSR count). The Morgan fingerprint density at radius 2 is 1.83 bits per heavy atom. The third kappa shape index (κ3) is 4.83. The molecular weight excluding hydrogens is 481 g/mol. The molecule has 5 heterocycles. The third-order valence-corrected chi connectivity index (χ3v) is 6.14. The summed E-state index contributed by atoms with van der Waals surface area (Å²) in [7, 11) is 0. The molecule has 0 aromatic carbocycles. The average Bonchev–Trinajstić information content (AvgIpc) is 3.54. The number of alkyl halides is 3. The van der Waals surface area contributed by atoms with Crippen LogP contribution in [0, 0.1) is 13.8 Å². The zero-order valence-corrected chi connectivity index (χ0v) is 19.4. The highest BCUT2D eigenvalue weighted by Crippen LogP contribution is 2.35. The number of nitrogens with zero attached hydrogens (tertiary/aromatic N) is 4. The molecule has 190 valence electrons. The van der Waals surface area contributed by atoms with E-state index in [2.05, 4.69) is 4.98 Å². The SMILES string of the molecule is Cc1cc(C(=O)N2CC3C(C2)n2cccc2C(=O)N3Cc2ccccn2)c(C)o1.O=C(O)C(F)(F)F. The number of halogens is 3. The molecule has 9 nitrogen and oxygen atoms in total. The van der Waals surface area contributed by atoms with Crippen LogP contribution in [0.3, 0.4) is 0 Å². The van der Waals surface area contributed by atoms with Gasteiger partial charge < -0.3 is 23.9 Å². The molecule has 2 amide bonds. The van der Waals surface area contributed by atoms with Crippen LogP contribution >= 0.6 is 0 Å². The molecule has 1 fully saturated rings. The number of carboxylic acid groups (broad SMARTS) is 1. The number of fused-ring (bicyclic) bond motifs is 3. The van der Waals surface area contributed by atoms with Crippen molar-refractivity contribution in [2.75, 3.05) is 13.1 Å². The fraction of sp³-hybridized carbons (Fsp3) is 0.333. The Labute approximate surface area is 203 Å². The Morgan fingerprint density at radius 3 is 2.42 bits per heavy atom. The lowest BCUT2D eigenvalue weighted by atomic mass is 10.1. The van der Waals surface area contributed by atoms with E-state index in [1.807, 2.05) is 64.7 Å². The van der Waals surface area contributed by atoms with Gasteiger partial charge in [-0.2, -0.15) is 13.2 Å². The van der Waals surface area contributed by atoms with Crippen molar-refractivity contribution in [3.8, 4) is 0 Å². The van der Waals surface area contributed by atoms with Crippen LogP contribution in [0.4, 0.5) is 13.2 Å². The highest BCUT2D eigenvalue weighted by atomic mass is 19.4. The molecule has 1 N–H and O–H groups in total. The van der Waals surface area contributed by atoms with Gasteiger partial charge in [0.25, 0.3) is 11.8 Å². The van der Waals surface area contributed by atoms with E-state index in [-0.39, 0.29) is 23.9 Å². The zero-order chi connectivity index (χ0) is 26.2. The molecule has 3 aromatic rings. The number of rotatable bonds is 3. The van der Waals surface area contributed by atoms with Crippen LogP contribution in [0.5, 0.6) is 0 Å². The van der Waals surface area contributed by atoms with Gasteiger partial charge in [0, 0.05) is 25.5 Å². The fourth-order valence-corrected chi connectivity index (χ4v) is 4.55. The lowest BCUT2D eigenvalue weighted by Gasteiger charge is -2.37. The first-order chi connectivity index (χ1) is 17.0. The van der Waals surface area contributed by atoms with Crippen molar-refractivity contribution in [1.29, 1.82) is 0 Å². The highest BCUT2D eigenvalue weighted by molar-refractivity contribution is 5.96. The molecule has 2 aliphatic heterocycles. The first-order valence-corrected chi connectivity index (χ1v) is 11.0. The molecule has 0 bridgehead atoms. The summed E-state index contributed by atoms with van der Waals surface area (Å²) >= 11 is 0. The predicted octanol–water partition coefficient (Wildman–Crippen LogP) is 3.45. The largest absolute Gasteiger partial charge is 0.490 e. The van der Waals surface area contributed by atoms with Crippen LogP contribution in [-0.2, 0) is 11.3 Å². The Kier molecular flexibility index (Phi) is 6.61. The maximum Gasteiger partial charge on any atom is 0.490 e. The van der Waals surface area contributed by atoms with Crippen LogP contribution < -0.4 is 0 Å². The van der Waals surface area contributed by atoms with Crippen LogP contribution in [-0.4, -0.2) is 67.5 Å². The summed E-state index contributed by atoms with van der Waals surface area (Å²) < 4.78 is 39.3. The van der Waals surface area contributed by atoms with Gasteiger partial charge in [-0.25, -0.2) is 4.79 Å². The molecule has 0 aliphatic carbocycles. The molecule has 2 aliphatic rings. The quantitative estimate of drug-likeness (QED) is 0.585. The normalized spacial score (nSPS) is 18.9. The van der Waals surface area contributed by atoms with Gasteiger partial charge in [0.05, 0.1) is 29.9 Å². The Balaban J connectivity index is 0.000000384. The second kappa shape index (κ2) is 9.51. The Hall–Kier alpha value is -4.09. The van der Waals surface area contributed by atoms with Crippen LogP contribution in [0.15, 0.2) is 53.2 Å². The first-order valence-electron chi connectivity index (χ1n) is 11.0. The average molecular weight is 504 g/mol. The van der Waals surface area contributed by atoms with E-state index < -0.39 is 12.1 Å². The lowest BCUT2D eigenvalue weighted by molar-refractivity contribution is -0.192. The van der Waals surface area contributed by atoms with Crippen molar-refractivity contribution in [3.05, 3.63) is 77.3 Å². The summed E-state index contributed by atoms with van der Waals surface area (Å²) in [6.07, 6.45) is -1.41. The minimum Gasteiger partial charge on any atom is -0.475 e. The smallest absolute Gasteiger partial charge is 0.475 e. The summed E-state index contributed by atoms with van der Waals surface area (Å²) in [6.45, 7) is 5.12. The second-order valence-electron chi connectivity index (χ2n) is 8.53. The van der Waals surface area contributed by atoms with Gasteiger partial charge in [0.15, 0.2) is 0 Å². The van der Waals surface area contributed by atoms with Crippen LogP contribution in [0.25, 0.3) is 0 Å². The van der Waals surface area contributed by atoms with E-state index in [9.17, 15) is 22.8 Å². The number of aliphatic carboxylic acids is 1. The van der Waals surface area contributed by atoms with E-state index in [0.717, 1.165) is 11.5 Å². The van der Waals surface area contributed by atoms with Gasteiger partial charge >= 0.3 is 12.1 Å². The van der Waals surface area contributed by atoms with E-state index in [1.165, 1.54) is 0 Å². The van der Waals surface area contributed by atoms with Gasteiger partial charge in [-0.05, 0) is 44.2 Å². The van der Waals surface area contributed by atoms with Gasteiger partial charge in [-0.3, -0.25) is 14.6 Å². The van der Waals surface area contributed by atoms with Crippen molar-refractivity contribution in [1.82, 2.24) is 19.4 Å². The standard InChI is InChI=1S/C22H22N4O3.C2HF3O2/c1-14-10-17(15(2)29-14)21(27)24-12-19-20(13-24)26(11-16-6-3-4-8-23-16)22(28)18-7-5-9-25(18)19;3-2(4,5)1(6)7/h3-10,19-20H,11-13H2,1-2H3;(H,6,7). The Morgan fingerprint density at radius 1 is 1.14 bits per heavy atom. The van der Waals surface area contributed by atoms with Crippen molar-refractivity contribution < 1.29 is 37.1 Å². The first kappa shape index (κ1) is 25.0. The van der Waals surface area contributed by atoms with Crippen molar-refractivity contribution in [2.45, 2.75) is 38.7 Å². The number of pyridine rings is 1. The second-order valence-corrected chi connectivity index (χ2v) is 8.53. The minimum absolute atomic E-state index is 0.0217. The van der Waals surface area contributed by atoms with Gasteiger partial charge in [0.1, 0.15) is 17.2 Å².